The van der Waals surface area contributed by atoms with Crippen molar-refractivity contribution >= 4 is 33.5 Å². The molecule has 0 saturated heterocycles. The maximum absolute atomic E-state index is 12.4. The number of nitrogens with zero attached hydrogens (tertiary/aromatic N) is 3. The highest BCUT2D eigenvalue weighted by Gasteiger charge is 2.17. The minimum atomic E-state index is -0.803. The molecule has 0 atom stereocenters. The molecule has 1 aromatic heterocycles. The number of rotatable bonds is 4. The van der Waals surface area contributed by atoms with Crippen LogP contribution in [0.3, 0.4) is 0 Å². The number of aromatic nitrogens is 2. The Labute approximate surface area is 178 Å². The zero-order chi connectivity index (χ0) is 22.2. The van der Waals surface area contributed by atoms with Gasteiger partial charge in [-0.1, -0.05) is 15.9 Å². The Morgan fingerprint density at radius 1 is 1.17 bits per heavy atom. The van der Waals surface area contributed by atoms with Crippen LogP contribution in [0.2, 0.25) is 0 Å². The van der Waals surface area contributed by atoms with Crippen LogP contribution in [0.1, 0.15) is 22.3 Å². The number of nitro groups is 1. The number of aromatic amines is 1. The topological polar surface area (TPSA) is 131 Å². The molecule has 0 aliphatic heterocycles. The minimum absolute atomic E-state index is 0.0516. The summed E-state index contributed by atoms with van der Waals surface area (Å²) in [7, 11) is 0. The molecule has 1 heterocycles. The summed E-state index contributed by atoms with van der Waals surface area (Å²) in [6.45, 7) is 5.22. The smallest absolute Gasteiger partial charge is 0.335 e. The van der Waals surface area contributed by atoms with Gasteiger partial charge in [-0.25, -0.2) is 9.36 Å². The van der Waals surface area contributed by atoms with Gasteiger partial charge in [-0.05, 0) is 56.2 Å². The van der Waals surface area contributed by atoms with Gasteiger partial charge in [-0.3, -0.25) is 24.9 Å². The second-order valence-electron chi connectivity index (χ2n) is 6.63. The van der Waals surface area contributed by atoms with E-state index in [1.54, 1.807) is 26.0 Å². The predicted molar refractivity (Wildman–Crippen MR) is 117 cm³/mol. The van der Waals surface area contributed by atoms with Crippen molar-refractivity contribution in [1.82, 2.24) is 9.55 Å². The van der Waals surface area contributed by atoms with E-state index in [9.17, 15) is 24.8 Å². The Hall–Kier alpha value is -3.53. The van der Waals surface area contributed by atoms with Gasteiger partial charge in [0.2, 0.25) is 5.88 Å². The van der Waals surface area contributed by atoms with Crippen LogP contribution in [-0.4, -0.2) is 25.8 Å². The number of halogens is 1. The number of nitro benzene ring substituents is 1. The number of hydrogen-bond donors (Lipinski definition) is 2. The van der Waals surface area contributed by atoms with Crippen molar-refractivity contribution in [3.63, 3.8) is 0 Å². The lowest BCUT2D eigenvalue weighted by Crippen LogP contribution is -2.31. The maximum atomic E-state index is 12.4. The van der Waals surface area contributed by atoms with Gasteiger partial charge < -0.3 is 5.11 Å². The molecule has 0 radical (unpaired) electrons. The Morgan fingerprint density at radius 3 is 2.50 bits per heavy atom. The first-order chi connectivity index (χ1) is 14.1. The molecule has 2 aromatic carbocycles. The fourth-order valence-electron chi connectivity index (χ4n) is 2.96. The standard InChI is InChI=1S/C20H17BrN4O5/c1-10-8-13(4-6-16(10)25(29)30)22-9-14-18(26)23-20(28)24(19(14)27)17-7-5-15(21)11(2)12(17)3/h4-9,27H,1-3H3,(H,23,26,28). The molecule has 30 heavy (non-hydrogen) atoms. The van der Waals surface area contributed by atoms with Crippen molar-refractivity contribution in [2.45, 2.75) is 20.8 Å². The molecule has 154 valence electrons. The van der Waals surface area contributed by atoms with E-state index in [-0.39, 0.29) is 11.3 Å². The van der Waals surface area contributed by atoms with Crippen LogP contribution in [0.5, 0.6) is 5.88 Å². The number of aromatic hydroxyl groups is 1. The summed E-state index contributed by atoms with van der Waals surface area (Å²) < 4.78 is 1.84. The Balaban J connectivity index is 2.13. The molecular formula is C20H17BrN4O5. The molecule has 2 N–H and O–H groups in total. The quantitative estimate of drug-likeness (QED) is 0.340. The van der Waals surface area contributed by atoms with E-state index in [1.807, 2.05) is 6.92 Å². The predicted octanol–water partition coefficient (Wildman–Crippen LogP) is 3.58. The molecule has 3 aromatic rings. The van der Waals surface area contributed by atoms with E-state index in [0.29, 0.717) is 16.9 Å². The maximum Gasteiger partial charge on any atom is 0.335 e. The average Bonchev–Trinajstić information content (AvgIpc) is 2.67. The summed E-state index contributed by atoms with van der Waals surface area (Å²) in [5, 5.41) is 21.6. The molecule has 0 spiro atoms. The molecule has 0 saturated carbocycles. The monoisotopic (exact) mass is 472 g/mol. The highest BCUT2D eigenvalue weighted by Crippen LogP contribution is 2.27. The van der Waals surface area contributed by atoms with Gasteiger partial charge in [-0.2, -0.15) is 0 Å². The van der Waals surface area contributed by atoms with Crippen LogP contribution in [0, 0.1) is 30.9 Å². The molecule has 0 unspecified atom stereocenters. The van der Waals surface area contributed by atoms with Crippen LogP contribution in [0.25, 0.3) is 5.69 Å². The fraction of sp³-hybridized carbons (Fsp3) is 0.150. The molecule has 9 nitrogen and oxygen atoms in total. The number of nitrogens with one attached hydrogen (secondary N) is 1. The first-order valence-electron chi connectivity index (χ1n) is 8.75. The third-order valence-corrected chi connectivity index (χ3v) is 5.63. The van der Waals surface area contributed by atoms with Gasteiger partial charge in [0.15, 0.2) is 0 Å². The third-order valence-electron chi connectivity index (χ3n) is 4.77. The van der Waals surface area contributed by atoms with E-state index in [4.69, 9.17) is 0 Å². The lowest BCUT2D eigenvalue weighted by Gasteiger charge is -2.14. The van der Waals surface area contributed by atoms with E-state index < -0.39 is 22.1 Å². The van der Waals surface area contributed by atoms with Crippen LogP contribution >= 0.6 is 15.9 Å². The summed E-state index contributed by atoms with van der Waals surface area (Å²) in [5.41, 5.74) is 0.923. The summed E-state index contributed by atoms with van der Waals surface area (Å²) in [6.07, 6.45) is 1.12. The van der Waals surface area contributed by atoms with E-state index in [0.717, 1.165) is 26.4 Å². The van der Waals surface area contributed by atoms with Gasteiger partial charge in [0.25, 0.3) is 11.2 Å². The van der Waals surface area contributed by atoms with Crippen molar-refractivity contribution < 1.29 is 10.0 Å². The summed E-state index contributed by atoms with van der Waals surface area (Å²) in [4.78, 5) is 41.4. The Kier molecular flexibility index (Phi) is 5.70. The molecule has 10 heteroatoms. The summed E-state index contributed by atoms with van der Waals surface area (Å²) in [5.74, 6) is -0.559. The highest BCUT2D eigenvalue weighted by molar-refractivity contribution is 9.10. The van der Waals surface area contributed by atoms with Crippen molar-refractivity contribution in [1.29, 1.82) is 0 Å². The van der Waals surface area contributed by atoms with Crippen molar-refractivity contribution in [2.75, 3.05) is 0 Å². The summed E-state index contributed by atoms with van der Waals surface area (Å²) >= 11 is 3.42. The normalized spacial score (nSPS) is 11.2. The Morgan fingerprint density at radius 2 is 1.87 bits per heavy atom. The van der Waals surface area contributed by atoms with E-state index >= 15 is 0 Å². The third kappa shape index (κ3) is 3.81. The van der Waals surface area contributed by atoms with Gasteiger partial charge in [0, 0.05) is 22.3 Å². The fourth-order valence-corrected chi connectivity index (χ4v) is 3.39. The van der Waals surface area contributed by atoms with E-state index in [2.05, 4.69) is 25.9 Å². The number of aliphatic imine (C=N–C) groups is 1. The number of aryl methyl sites for hydroxylation is 1. The number of H-pyrrole nitrogens is 1. The molecule has 0 fully saturated rings. The number of hydrogen-bond acceptors (Lipinski definition) is 6. The van der Waals surface area contributed by atoms with Crippen molar-refractivity contribution in [3.8, 4) is 11.6 Å². The molecule has 0 aliphatic rings. The van der Waals surface area contributed by atoms with Crippen LogP contribution in [0.15, 0.2) is 49.4 Å². The summed E-state index contributed by atoms with van der Waals surface area (Å²) in [6, 6.07) is 7.60. The van der Waals surface area contributed by atoms with Gasteiger partial charge >= 0.3 is 5.69 Å². The van der Waals surface area contributed by atoms with Crippen molar-refractivity contribution in [3.05, 3.63) is 88.0 Å². The molecule has 0 aliphatic carbocycles. The largest absolute Gasteiger partial charge is 0.493 e. The van der Waals surface area contributed by atoms with Gasteiger partial charge in [-0.15, -0.1) is 0 Å². The van der Waals surface area contributed by atoms with E-state index in [1.165, 1.54) is 18.2 Å². The number of benzene rings is 2. The SMILES string of the molecule is Cc1cc(N=Cc2c(O)n(-c3ccc(Br)c(C)c3C)c(=O)[nH]c2=O)ccc1[N+](=O)[O-]. The molecule has 3 rings (SSSR count). The van der Waals surface area contributed by atoms with Gasteiger partial charge in [0.1, 0.15) is 5.56 Å². The minimum Gasteiger partial charge on any atom is -0.493 e. The Bertz CT molecular complexity index is 1320. The molecule has 0 amide bonds. The van der Waals surface area contributed by atoms with Crippen LogP contribution < -0.4 is 11.2 Å². The van der Waals surface area contributed by atoms with Crippen molar-refractivity contribution in [2.24, 2.45) is 4.99 Å². The highest BCUT2D eigenvalue weighted by atomic mass is 79.9. The first-order valence-corrected chi connectivity index (χ1v) is 9.54. The second-order valence-corrected chi connectivity index (χ2v) is 7.49. The second kappa shape index (κ2) is 8.07. The lowest BCUT2D eigenvalue weighted by atomic mass is 10.1. The molecular weight excluding hydrogens is 456 g/mol. The molecule has 0 bridgehead atoms. The average molecular weight is 473 g/mol. The zero-order valence-corrected chi connectivity index (χ0v) is 17.8. The van der Waals surface area contributed by atoms with Crippen LogP contribution in [-0.2, 0) is 0 Å². The first kappa shape index (κ1) is 21.2. The van der Waals surface area contributed by atoms with Gasteiger partial charge in [0.05, 0.1) is 16.3 Å². The van der Waals surface area contributed by atoms with Crippen LogP contribution in [0.4, 0.5) is 11.4 Å². The zero-order valence-electron chi connectivity index (χ0n) is 16.3. The lowest BCUT2D eigenvalue weighted by molar-refractivity contribution is -0.385.